The van der Waals surface area contributed by atoms with Crippen molar-refractivity contribution in [3.63, 3.8) is 0 Å². The van der Waals surface area contributed by atoms with Gasteiger partial charge in [0.1, 0.15) is 0 Å². The summed E-state index contributed by atoms with van der Waals surface area (Å²) in [6, 6.07) is 0.507. The summed E-state index contributed by atoms with van der Waals surface area (Å²) in [6.45, 7) is 4.57. The first kappa shape index (κ1) is 10.1. The normalized spacial score (nSPS) is 31.1. The molecule has 0 aromatic heterocycles. The molecule has 0 aromatic carbocycles. The van der Waals surface area contributed by atoms with Gasteiger partial charge in [-0.2, -0.15) is 0 Å². The Morgan fingerprint density at radius 3 is 2.83 bits per heavy atom. The van der Waals surface area contributed by atoms with Crippen LogP contribution in [-0.4, -0.2) is 18.0 Å². The molecular formula is C10H18ClN. The number of alkyl halides is 1. The van der Waals surface area contributed by atoms with Crippen LogP contribution in [0.25, 0.3) is 0 Å². The summed E-state index contributed by atoms with van der Waals surface area (Å²) in [4.78, 5) is 0. The van der Waals surface area contributed by atoms with Gasteiger partial charge in [0, 0.05) is 18.0 Å². The molecule has 1 aliphatic carbocycles. The van der Waals surface area contributed by atoms with Crippen LogP contribution in [0.5, 0.6) is 0 Å². The molecule has 1 saturated carbocycles. The molecule has 2 atom stereocenters. The molecule has 0 amide bonds. The zero-order valence-electron chi connectivity index (χ0n) is 7.56. The van der Waals surface area contributed by atoms with Crippen molar-refractivity contribution < 1.29 is 0 Å². The van der Waals surface area contributed by atoms with Crippen LogP contribution in [0.2, 0.25) is 0 Å². The lowest BCUT2D eigenvalue weighted by Crippen LogP contribution is -2.36. The third-order valence-corrected chi connectivity index (χ3v) is 2.98. The maximum absolute atomic E-state index is 6.23. The molecule has 0 bridgehead atoms. The Morgan fingerprint density at radius 1 is 1.33 bits per heavy atom. The van der Waals surface area contributed by atoms with E-state index in [1.807, 2.05) is 6.08 Å². The summed E-state index contributed by atoms with van der Waals surface area (Å²) in [5.74, 6) is 0. The Bertz CT molecular complexity index is 136. The van der Waals surface area contributed by atoms with E-state index in [4.69, 9.17) is 11.6 Å². The van der Waals surface area contributed by atoms with Gasteiger partial charge in [0.15, 0.2) is 0 Å². The largest absolute Gasteiger partial charge is 0.309 e. The Kier molecular flexibility index (Phi) is 4.70. The van der Waals surface area contributed by atoms with Gasteiger partial charge in [-0.25, -0.2) is 0 Å². The van der Waals surface area contributed by atoms with Crippen LogP contribution in [0.15, 0.2) is 12.7 Å². The van der Waals surface area contributed by atoms with Gasteiger partial charge in [-0.3, -0.25) is 0 Å². The summed E-state index contributed by atoms with van der Waals surface area (Å²) in [7, 11) is 0. The summed E-state index contributed by atoms with van der Waals surface area (Å²) in [5, 5.41) is 3.74. The lowest BCUT2D eigenvalue weighted by molar-refractivity contribution is 0.488. The van der Waals surface area contributed by atoms with E-state index >= 15 is 0 Å². The molecule has 1 fully saturated rings. The topological polar surface area (TPSA) is 12.0 Å². The lowest BCUT2D eigenvalue weighted by Gasteiger charge is -2.19. The van der Waals surface area contributed by atoms with E-state index < -0.39 is 0 Å². The zero-order valence-corrected chi connectivity index (χ0v) is 8.32. The molecule has 0 radical (unpaired) electrons. The molecule has 0 heterocycles. The van der Waals surface area contributed by atoms with Crippen LogP contribution in [0, 0.1) is 0 Å². The highest BCUT2D eigenvalue weighted by molar-refractivity contribution is 6.21. The highest BCUT2D eigenvalue weighted by Crippen LogP contribution is 2.21. The third kappa shape index (κ3) is 3.16. The minimum atomic E-state index is 0.326. The van der Waals surface area contributed by atoms with E-state index in [0.29, 0.717) is 11.4 Å². The third-order valence-electron chi connectivity index (χ3n) is 2.46. The molecule has 2 unspecified atom stereocenters. The van der Waals surface area contributed by atoms with Gasteiger partial charge in [0.25, 0.3) is 0 Å². The van der Waals surface area contributed by atoms with Crippen molar-refractivity contribution in [3.05, 3.63) is 12.7 Å². The first-order valence-electron chi connectivity index (χ1n) is 4.83. The van der Waals surface area contributed by atoms with Gasteiger partial charge >= 0.3 is 0 Å². The SMILES string of the molecule is C=CCNC1CCCCCC1Cl. The molecule has 0 saturated heterocycles. The number of hydrogen-bond acceptors (Lipinski definition) is 1. The maximum Gasteiger partial charge on any atom is 0.0489 e. The average Bonchev–Trinajstić information content (AvgIpc) is 2.27. The molecule has 1 rings (SSSR count). The Morgan fingerprint density at radius 2 is 2.08 bits per heavy atom. The monoisotopic (exact) mass is 187 g/mol. The average molecular weight is 188 g/mol. The number of hydrogen-bond donors (Lipinski definition) is 1. The van der Waals surface area contributed by atoms with E-state index in [9.17, 15) is 0 Å². The van der Waals surface area contributed by atoms with Gasteiger partial charge in [-0.05, 0) is 12.8 Å². The molecule has 0 aliphatic heterocycles. The number of halogens is 1. The van der Waals surface area contributed by atoms with E-state index in [1.165, 1.54) is 25.7 Å². The van der Waals surface area contributed by atoms with Gasteiger partial charge < -0.3 is 5.32 Å². The molecular weight excluding hydrogens is 170 g/mol. The lowest BCUT2D eigenvalue weighted by atomic mass is 10.1. The van der Waals surface area contributed by atoms with Gasteiger partial charge in [-0.1, -0.05) is 25.3 Å². The summed E-state index contributed by atoms with van der Waals surface area (Å²) < 4.78 is 0. The fraction of sp³-hybridized carbons (Fsp3) is 0.800. The van der Waals surface area contributed by atoms with Crippen molar-refractivity contribution in [3.8, 4) is 0 Å². The zero-order chi connectivity index (χ0) is 8.81. The Hall–Kier alpha value is -0.0100. The second-order valence-corrected chi connectivity index (χ2v) is 4.02. The van der Waals surface area contributed by atoms with E-state index in [2.05, 4.69) is 11.9 Å². The molecule has 0 spiro atoms. The molecule has 1 nitrogen and oxygen atoms in total. The van der Waals surface area contributed by atoms with E-state index in [1.54, 1.807) is 0 Å². The van der Waals surface area contributed by atoms with E-state index in [-0.39, 0.29) is 0 Å². The molecule has 12 heavy (non-hydrogen) atoms. The van der Waals surface area contributed by atoms with Crippen molar-refractivity contribution in [1.29, 1.82) is 0 Å². The summed E-state index contributed by atoms with van der Waals surface area (Å²) >= 11 is 6.23. The molecule has 0 aromatic rings. The van der Waals surface area contributed by atoms with Crippen molar-refractivity contribution >= 4 is 11.6 Å². The Balaban J connectivity index is 2.31. The van der Waals surface area contributed by atoms with Crippen LogP contribution >= 0.6 is 11.6 Å². The highest BCUT2D eigenvalue weighted by Gasteiger charge is 2.20. The molecule has 2 heteroatoms. The van der Waals surface area contributed by atoms with E-state index in [0.717, 1.165) is 13.0 Å². The van der Waals surface area contributed by atoms with Crippen molar-refractivity contribution in [1.82, 2.24) is 5.32 Å². The smallest absolute Gasteiger partial charge is 0.0489 e. The minimum absolute atomic E-state index is 0.326. The molecule has 1 aliphatic rings. The van der Waals surface area contributed by atoms with Gasteiger partial charge in [0.05, 0.1) is 0 Å². The maximum atomic E-state index is 6.23. The van der Waals surface area contributed by atoms with Crippen LogP contribution in [-0.2, 0) is 0 Å². The number of rotatable bonds is 3. The van der Waals surface area contributed by atoms with Gasteiger partial charge in [-0.15, -0.1) is 18.2 Å². The van der Waals surface area contributed by atoms with Crippen LogP contribution in [0.1, 0.15) is 32.1 Å². The fourth-order valence-electron chi connectivity index (χ4n) is 1.73. The quantitative estimate of drug-likeness (QED) is 0.407. The van der Waals surface area contributed by atoms with Crippen molar-refractivity contribution in [2.24, 2.45) is 0 Å². The van der Waals surface area contributed by atoms with Crippen LogP contribution < -0.4 is 5.32 Å². The van der Waals surface area contributed by atoms with Crippen LogP contribution in [0.3, 0.4) is 0 Å². The first-order chi connectivity index (χ1) is 5.84. The highest BCUT2D eigenvalue weighted by atomic mass is 35.5. The summed E-state index contributed by atoms with van der Waals surface area (Å²) in [6.07, 6.45) is 8.24. The van der Waals surface area contributed by atoms with Crippen molar-refractivity contribution in [2.75, 3.05) is 6.54 Å². The van der Waals surface area contributed by atoms with Crippen molar-refractivity contribution in [2.45, 2.75) is 43.5 Å². The summed E-state index contributed by atoms with van der Waals surface area (Å²) in [5.41, 5.74) is 0. The molecule has 70 valence electrons. The van der Waals surface area contributed by atoms with Crippen LogP contribution in [0.4, 0.5) is 0 Å². The predicted molar refractivity (Wildman–Crippen MR) is 54.7 cm³/mol. The first-order valence-corrected chi connectivity index (χ1v) is 5.26. The number of nitrogens with one attached hydrogen (secondary N) is 1. The Labute approximate surface area is 80.2 Å². The molecule has 1 N–H and O–H groups in total. The second-order valence-electron chi connectivity index (χ2n) is 3.46. The predicted octanol–water partition coefficient (Wildman–Crippen LogP) is 2.70. The fourth-order valence-corrected chi connectivity index (χ4v) is 2.10. The van der Waals surface area contributed by atoms with Gasteiger partial charge in [0.2, 0.25) is 0 Å². The second kappa shape index (κ2) is 5.60. The standard InChI is InChI=1S/C10H18ClN/c1-2-8-12-10-7-5-3-4-6-9(10)11/h2,9-10,12H,1,3-8H2. The minimum Gasteiger partial charge on any atom is -0.309 e.